The van der Waals surface area contributed by atoms with Gasteiger partial charge in [-0.2, -0.15) is 5.10 Å². The van der Waals surface area contributed by atoms with Gasteiger partial charge in [0.05, 0.1) is 27.0 Å². The second-order valence-corrected chi connectivity index (χ2v) is 8.79. The van der Waals surface area contributed by atoms with E-state index in [-0.39, 0.29) is 0 Å². The van der Waals surface area contributed by atoms with Crippen molar-refractivity contribution in [1.82, 2.24) is 19.7 Å². The van der Waals surface area contributed by atoms with Crippen molar-refractivity contribution in [2.24, 2.45) is 7.05 Å². The Morgan fingerprint density at radius 3 is 2.26 bits per heavy atom. The van der Waals surface area contributed by atoms with Crippen LogP contribution >= 0.6 is 15.9 Å². The lowest BCUT2D eigenvalue weighted by Crippen LogP contribution is -2.01. The molecule has 0 atom stereocenters. The van der Waals surface area contributed by atoms with Gasteiger partial charge in [0.25, 0.3) is 0 Å². The van der Waals surface area contributed by atoms with Crippen molar-refractivity contribution < 1.29 is 14.2 Å². The molecule has 2 heterocycles. The Labute approximate surface area is 213 Å². The van der Waals surface area contributed by atoms with Gasteiger partial charge >= 0.3 is 0 Å². The van der Waals surface area contributed by atoms with Gasteiger partial charge < -0.3 is 19.5 Å². The molecular formula is C26H28BrN5O3. The van der Waals surface area contributed by atoms with E-state index < -0.39 is 0 Å². The lowest BCUT2D eigenvalue weighted by molar-refractivity contribution is 0.324. The number of nitrogens with zero attached hydrogens (tertiary/aromatic N) is 4. The predicted molar refractivity (Wildman–Crippen MR) is 143 cm³/mol. The molecule has 0 aliphatic rings. The first kappa shape index (κ1) is 24.5. The number of anilines is 2. The first-order chi connectivity index (χ1) is 17.0. The number of hydrogen-bond donors (Lipinski definition) is 1. The zero-order chi connectivity index (χ0) is 24.9. The van der Waals surface area contributed by atoms with Crippen molar-refractivity contribution in [3.05, 3.63) is 58.0 Å². The van der Waals surface area contributed by atoms with Crippen LogP contribution in [-0.4, -0.2) is 41.1 Å². The van der Waals surface area contributed by atoms with Crippen LogP contribution in [0.3, 0.4) is 0 Å². The number of benzene rings is 2. The average Bonchev–Trinajstić information content (AvgIpc) is 3.18. The first-order valence-electron chi connectivity index (χ1n) is 11.2. The fraction of sp³-hybridized carbons (Fsp3) is 0.269. The van der Waals surface area contributed by atoms with Gasteiger partial charge in [0.2, 0.25) is 5.75 Å². The molecule has 0 amide bonds. The van der Waals surface area contributed by atoms with Crippen molar-refractivity contribution in [2.45, 2.75) is 19.8 Å². The van der Waals surface area contributed by atoms with E-state index >= 15 is 0 Å². The average molecular weight is 538 g/mol. The minimum absolute atomic E-state index is 0.547. The fourth-order valence-corrected chi connectivity index (χ4v) is 4.13. The summed E-state index contributed by atoms with van der Waals surface area (Å²) >= 11 is 3.48. The minimum atomic E-state index is 0.547. The highest BCUT2D eigenvalue weighted by atomic mass is 79.9. The maximum atomic E-state index is 5.47. The molecule has 4 aromatic rings. The lowest BCUT2D eigenvalue weighted by atomic mass is 10.1. The molecule has 0 fully saturated rings. The quantitative estimate of drug-likeness (QED) is 0.279. The standard InChI is InChI=1S/C26H28BrN5O3/c1-6-7-19-23-24(32(2)31-19)26(28-18-11-9-17(27)10-12-18)30-22(29-23)13-8-16-14-20(33-3)25(35-5)21(15-16)34-4/h8-15H,6-7H2,1-5H3,(H,28,29,30)/b13-8+. The van der Waals surface area contributed by atoms with Crippen LogP contribution in [0.25, 0.3) is 23.2 Å². The van der Waals surface area contributed by atoms with Crippen molar-refractivity contribution in [3.8, 4) is 17.2 Å². The summed E-state index contributed by atoms with van der Waals surface area (Å²) in [6.45, 7) is 2.13. The number of ether oxygens (including phenoxy) is 3. The number of methoxy groups -OCH3 is 3. The normalized spacial score (nSPS) is 11.3. The molecule has 0 saturated carbocycles. The van der Waals surface area contributed by atoms with E-state index in [4.69, 9.17) is 29.3 Å². The second-order valence-electron chi connectivity index (χ2n) is 7.87. The molecule has 0 unspecified atom stereocenters. The summed E-state index contributed by atoms with van der Waals surface area (Å²) in [5.74, 6) is 2.97. The molecule has 8 nitrogen and oxygen atoms in total. The van der Waals surface area contributed by atoms with Gasteiger partial charge in [0, 0.05) is 17.2 Å². The number of aromatic nitrogens is 4. The van der Waals surface area contributed by atoms with Crippen LogP contribution in [0.1, 0.15) is 30.4 Å². The van der Waals surface area contributed by atoms with E-state index in [1.165, 1.54) is 0 Å². The maximum absolute atomic E-state index is 5.47. The lowest BCUT2D eigenvalue weighted by Gasteiger charge is -2.13. The summed E-state index contributed by atoms with van der Waals surface area (Å²) in [7, 11) is 6.70. The maximum Gasteiger partial charge on any atom is 0.203 e. The van der Waals surface area contributed by atoms with Crippen LogP contribution in [0.4, 0.5) is 11.5 Å². The highest BCUT2D eigenvalue weighted by Gasteiger charge is 2.17. The number of fused-ring (bicyclic) bond motifs is 1. The van der Waals surface area contributed by atoms with E-state index in [0.717, 1.165) is 45.3 Å². The molecule has 35 heavy (non-hydrogen) atoms. The molecule has 0 spiro atoms. The summed E-state index contributed by atoms with van der Waals surface area (Å²) in [5.41, 5.74) is 4.44. The third-order valence-corrected chi connectivity index (χ3v) is 6.00. The number of aryl methyl sites for hydroxylation is 2. The fourth-order valence-electron chi connectivity index (χ4n) is 3.86. The number of nitrogens with one attached hydrogen (secondary N) is 1. The SMILES string of the molecule is CCCc1nn(C)c2c(Nc3ccc(Br)cc3)nc(/C=C/c3cc(OC)c(OC)c(OC)c3)nc12. The van der Waals surface area contributed by atoms with Gasteiger partial charge in [-0.05, 0) is 54.5 Å². The van der Waals surface area contributed by atoms with Crippen molar-refractivity contribution in [2.75, 3.05) is 26.6 Å². The molecule has 1 N–H and O–H groups in total. The van der Waals surface area contributed by atoms with Crippen LogP contribution in [0.2, 0.25) is 0 Å². The van der Waals surface area contributed by atoms with Gasteiger partial charge in [0.15, 0.2) is 23.1 Å². The van der Waals surface area contributed by atoms with E-state index in [9.17, 15) is 0 Å². The van der Waals surface area contributed by atoms with Gasteiger partial charge in [-0.15, -0.1) is 0 Å². The Kier molecular flexibility index (Phi) is 7.55. The molecule has 4 rings (SSSR count). The van der Waals surface area contributed by atoms with Gasteiger partial charge in [-0.1, -0.05) is 35.4 Å². The van der Waals surface area contributed by atoms with Crippen LogP contribution in [0.5, 0.6) is 17.2 Å². The summed E-state index contributed by atoms with van der Waals surface area (Å²) in [6, 6.07) is 11.7. The molecule has 0 radical (unpaired) electrons. The Balaban J connectivity index is 1.79. The predicted octanol–water partition coefficient (Wildman–Crippen LogP) is 6.02. The highest BCUT2D eigenvalue weighted by molar-refractivity contribution is 9.10. The van der Waals surface area contributed by atoms with Gasteiger partial charge in [-0.25, -0.2) is 9.97 Å². The molecule has 0 aliphatic heterocycles. The number of hydrogen-bond acceptors (Lipinski definition) is 7. The van der Waals surface area contributed by atoms with Crippen LogP contribution < -0.4 is 19.5 Å². The summed E-state index contributed by atoms with van der Waals surface area (Å²) in [5, 5.41) is 8.15. The van der Waals surface area contributed by atoms with Crippen LogP contribution in [0.15, 0.2) is 40.9 Å². The largest absolute Gasteiger partial charge is 0.493 e. The smallest absolute Gasteiger partial charge is 0.203 e. The number of rotatable bonds is 9. The zero-order valence-electron chi connectivity index (χ0n) is 20.4. The Morgan fingerprint density at radius 1 is 0.971 bits per heavy atom. The van der Waals surface area contributed by atoms with Gasteiger partial charge in [-0.3, -0.25) is 4.68 Å². The molecule has 9 heteroatoms. The van der Waals surface area contributed by atoms with E-state index in [1.54, 1.807) is 21.3 Å². The first-order valence-corrected chi connectivity index (χ1v) is 12.0. The Bertz CT molecular complexity index is 1340. The van der Waals surface area contributed by atoms with Crippen LogP contribution in [0, 0.1) is 0 Å². The number of halogens is 1. The molecule has 0 bridgehead atoms. The van der Waals surface area contributed by atoms with Gasteiger partial charge in [0.1, 0.15) is 11.0 Å². The van der Waals surface area contributed by atoms with Crippen LogP contribution in [-0.2, 0) is 13.5 Å². The monoisotopic (exact) mass is 537 g/mol. The molecule has 2 aromatic carbocycles. The highest BCUT2D eigenvalue weighted by Crippen LogP contribution is 2.38. The molecule has 0 saturated heterocycles. The summed E-state index contributed by atoms with van der Waals surface area (Å²) < 4.78 is 19.2. The van der Waals surface area contributed by atoms with Crippen molar-refractivity contribution >= 4 is 50.6 Å². The minimum Gasteiger partial charge on any atom is -0.493 e. The van der Waals surface area contributed by atoms with E-state index in [2.05, 4.69) is 28.2 Å². The Hall–Kier alpha value is -3.59. The molecule has 0 aliphatic carbocycles. The van der Waals surface area contributed by atoms with E-state index in [1.807, 2.05) is 60.3 Å². The third-order valence-electron chi connectivity index (χ3n) is 5.47. The molecule has 2 aromatic heterocycles. The van der Waals surface area contributed by atoms with E-state index in [0.29, 0.717) is 28.9 Å². The molecule has 182 valence electrons. The summed E-state index contributed by atoms with van der Waals surface area (Å²) in [4.78, 5) is 9.67. The van der Waals surface area contributed by atoms with Crippen molar-refractivity contribution in [1.29, 1.82) is 0 Å². The second kappa shape index (κ2) is 10.8. The topological polar surface area (TPSA) is 83.3 Å². The Morgan fingerprint density at radius 2 is 1.66 bits per heavy atom. The third kappa shape index (κ3) is 5.24. The summed E-state index contributed by atoms with van der Waals surface area (Å²) in [6.07, 6.45) is 5.60. The molecular weight excluding hydrogens is 510 g/mol. The van der Waals surface area contributed by atoms with Crippen molar-refractivity contribution in [3.63, 3.8) is 0 Å². The zero-order valence-corrected chi connectivity index (χ0v) is 22.0.